The van der Waals surface area contributed by atoms with Gasteiger partial charge < -0.3 is 9.64 Å². The molecule has 1 aromatic carbocycles. The number of carbonyl (C=O) groups is 2. The van der Waals surface area contributed by atoms with Crippen LogP contribution in [0.3, 0.4) is 0 Å². The third-order valence-electron chi connectivity index (χ3n) is 3.87. The van der Waals surface area contributed by atoms with Gasteiger partial charge >= 0.3 is 0 Å². The molecular weight excluding hydrogens is 298 g/mol. The molecule has 0 radical (unpaired) electrons. The molecule has 1 amide bonds. The molecule has 0 saturated carbocycles. The average Bonchev–Trinajstić information content (AvgIpc) is 3.19. The highest BCUT2D eigenvalue weighted by atomic mass is 32.1. The van der Waals surface area contributed by atoms with E-state index in [1.165, 1.54) is 11.3 Å². The summed E-state index contributed by atoms with van der Waals surface area (Å²) in [6.45, 7) is 1.33. The van der Waals surface area contributed by atoms with Crippen molar-refractivity contribution in [2.24, 2.45) is 0 Å². The van der Waals surface area contributed by atoms with Gasteiger partial charge in [-0.3, -0.25) is 9.59 Å². The minimum Gasteiger partial charge on any atom is -0.496 e. The zero-order valence-corrected chi connectivity index (χ0v) is 13.2. The highest BCUT2D eigenvalue weighted by Gasteiger charge is 2.22. The van der Waals surface area contributed by atoms with E-state index in [-0.39, 0.29) is 11.7 Å². The number of ketones is 1. The van der Waals surface area contributed by atoms with Crippen molar-refractivity contribution in [3.63, 3.8) is 0 Å². The third kappa shape index (κ3) is 2.90. The van der Waals surface area contributed by atoms with E-state index in [2.05, 4.69) is 0 Å². The Hall–Kier alpha value is -2.14. The van der Waals surface area contributed by atoms with Crippen molar-refractivity contribution >= 4 is 23.0 Å². The summed E-state index contributed by atoms with van der Waals surface area (Å²) < 4.78 is 5.41. The van der Waals surface area contributed by atoms with Crippen LogP contribution in [-0.4, -0.2) is 30.2 Å². The van der Waals surface area contributed by atoms with Crippen LogP contribution in [0, 0.1) is 0 Å². The molecule has 114 valence electrons. The molecule has 0 atom stereocenters. The molecule has 1 saturated heterocycles. The molecule has 1 aliphatic heterocycles. The van der Waals surface area contributed by atoms with Crippen LogP contribution in [0.5, 0.6) is 5.75 Å². The van der Waals surface area contributed by atoms with Crippen molar-refractivity contribution in [2.75, 3.05) is 13.7 Å². The number of rotatable bonds is 5. The molecule has 2 aromatic rings. The summed E-state index contributed by atoms with van der Waals surface area (Å²) in [5, 5.41) is 3.73. The molecule has 0 unspecified atom stereocenters. The van der Waals surface area contributed by atoms with Crippen LogP contribution in [0.1, 0.15) is 34.3 Å². The first-order valence-electron chi connectivity index (χ1n) is 7.20. The zero-order valence-electron chi connectivity index (χ0n) is 12.4. The average molecular weight is 315 g/mol. The van der Waals surface area contributed by atoms with Crippen LogP contribution < -0.4 is 4.74 Å². The van der Waals surface area contributed by atoms with Gasteiger partial charge in [-0.1, -0.05) is 12.1 Å². The maximum absolute atomic E-state index is 12.4. The standard InChI is InChI=1S/C17H17NO3S/c1-21-15-9-12(17(20)14-6-8-22-11-14)4-5-13(15)10-18-7-2-3-16(18)19/h4-6,8-9,11H,2-3,7,10H2,1H3. The van der Waals surface area contributed by atoms with Crippen molar-refractivity contribution < 1.29 is 14.3 Å². The number of amides is 1. The Bertz CT molecular complexity index is 694. The summed E-state index contributed by atoms with van der Waals surface area (Å²) in [7, 11) is 1.59. The Morgan fingerprint density at radius 2 is 2.18 bits per heavy atom. The molecule has 4 nitrogen and oxygen atoms in total. The Morgan fingerprint density at radius 1 is 1.32 bits per heavy atom. The lowest BCUT2D eigenvalue weighted by Gasteiger charge is -2.18. The van der Waals surface area contributed by atoms with Crippen LogP contribution >= 0.6 is 11.3 Å². The highest BCUT2D eigenvalue weighted by Crippen LogP contribution is 2.25. The molecule has 0 aliphatic carbocycles. The number of thiophene rings is 1. The van der Waals surface area contributed by atoms with Crippen molar-refractivity contribution in [3.05, 3.63) is 51.7 Å². The maximum Gasteiger partial charge on any atom is 0.222 e. The largest absolute Gasteiger partial charge is 0.496 e. The Labute approximate surface area is 133 Å². The van der Waals surface area contributed by atoms with Gasteiger partial charge in [0.25, 0.3) is 0 Å². The van der Waals surface area contributed by atoms with Gasteiger partial charge in [0.05, 0.1) is 7.11 Å². The quantitative estimate of drug-likeness (QED) is 0.797. The van der Waals surface area contributed by atoms with E-state index in [9.17, 15) is 9.59 Å². The minimum absolute atomic E-state index is 0.0108. The van der Waals surface area contributed by atoms with E-state index >= 15 is 0 Å². The lowest BCUT2D eigenvalue weighted by atomic mass is 10.0. The lowest BCUT2D eigenvalue weighted by Crippen LogP contribution is -2.24. The third-order valence-corrected chi connectivity index (χ3v) is 4.55. The Kier molecular flexibility index (Phi) is 4.24. The number of hydrogen-bond donors (Lipinski definition) is 0. The van der Waals surface area contributed by atoms with E-state index in [1.54, 1.807) is 19.2 Å². The number of benzene rings is 1. The molecule has 1 aliphatic rings. The van der Waals surface area contributed by atoms with E-state index in [0.717, 1.165) is 18.5 Å². The highest BCUT2D eigenvalue weighted by molar-refractivity contribution is 7.08. The van der Waals surface area contributed by atoms with Crippen LogP contribution in [0.2, 0.25) is 0 Å². The van der Waals surface area contributed by atoms with E-state index < -0.39 is 0 Å². The number of carbonyl (C=O) groups excluding carboxylic acids is 2. The zero-order chi connectivity index (χ0) is 15.5. The second-order valence-electron chi connectivity index (χ2n) is 5.29. The van der Waals surface area contributed by atoms with E-state index in [1.807, 2.05) is 27.8 Å². The predicted octanol–water partition coefficient (Wildman–Crippen LogP) is 3.11. The fraction of sp³-hybridized carbons (Fsp3) is 0.294. The maximum atomic E-state index is 12.4. The number of nitrogens with zero attached hydrogens (tertiary/aromatic N) is 1. The fourth-order valence-electron chi connectivity index (χ4n) is 2.65. The predicted molar refractivity (Wildman–Crippen MR) is 85.4 cm³/mol. The van der Waals surface area contributed by atoms with Gasteiger partial charge in [0.15, 0.2) is 5.78 Å². The topological polar surface area (TPSA) is 46.6 Å². The van der Waals surface area contributed by atoms with Gasteiger partial charge in [0.1, 0.15) is 5.75 Å². The molecule has 0 spiro atoms. The molecule has 22 heavy (non-hydrogen) atoms. The van der Waals surface area contributed by atoms with E-state index in [0.29, 0.717) is 29.8 Å². The summed E-state index contributed by atoms with van der Waals surface area (Å²) in [4.78, 5) is 25.9. The van der Waals surface area contributed by atoms with Gasteiger partial charge in [-0.25, -0.2) is 0 Å². The molecular formula is C17H17NO3S. The van der Waals surface area contributed by atoms with Crippen molar-refractivity contribution in [3.8, 4) is 5.75 Å². The monoisotopic (exact) mass is 315 g/mol. The molecule has 0 N–H and O–H groups in total. The van der Waals surface area contributed by atoms with Gasteiger partial charge in [-0.05, 0) is 23.9 Å². The second-order valence-corrected chi connectivity index (χ2v) is 6.07. The van der Waals surface area contributed by atoms with Gasteiger partial charge in [0.2, 0.25) is 5.91 Å². The molecule has 2 heterocycles. The molecule has 0 bridgehead atoms. The number of likely N-dealkylation sites (tertiary alicyclic amines) is 1. The molecule has 3 rings (SSSR count). The first-order chi connectivity index (χ1) is 10.7. The first kappa shape index (κ1) is 14.8. The number of ether oxygens (including phenoxy) is 1. The smallest absolute Gasteiger partial charge is 0.222 e. The van der Waals surface area contributed by atoms with Crippen LogP contribution in [0.15, 0.2) is 35.0 Å². The summed E-state index contributed by atoms with van der Waals surface area (Å²) in [6, 6.07) is 7.26. The van der Waals surface area contributed by atoms with Crippen LogP contribution in [0.25, 0.3) is 0 Å². The van der Waals surface area contributed by atoms with Crippen molar-refractivity contribution in [1.29, 1.82) is 0 Å². The number of hydrogen-bond acceptors (Lipinski definition) is 4. The SMILES string of the molecule is COc1cc(C(=O)c2ccsc2)ccc1CN1CCCC1=O. The van der Waals surface area contributed by atoms with Gasteiger partial charge in [-0.2, -0.15) is 11.3 Å². The molecule has 5 heteroatoms. The summed E-state index contributed by atoms with van der Waals surface area (Å²) in [5.74, 6) is 0.824. The van der Waals surface area contributed by atoms with Crippen molar-refractivity contribution in [2.45, 2.75) is 19.4 Å². The first-order valence-corrected chi connectivity index (χ1v) is 8.15. The normalized spacial score (nSPS) is 14.4. The van der Waals surface area contributed by atoms with Crippen molar-refractivity contribution in [1.82, 2.24) is 4.90 Å². The molecule has 1 fully saturated rings. The molecule has 1 aromatic heterocycles. The minimum atomic E-state index is -0.0108. The van der Waals surface area contributed by atoms with Crippen LogP contribution in [0.4, 0.5) is 0 Å². The fourth-order valence-corrected chi connectivity index (χ4v) is 3.29. The summed E-state index contributed by atoms with van der Waals surface area (Å²) in [6.07, 6.45) is 1.53. The Morgan fingerprint density at radius 3 is 2.82 bits per heavy atom. The van der Waals surface area contributed by atoms with Gasteiger partial charge in [-0.15, -0.1) is 0 Å². The summed E-state index contributed by atoms with van der Waals surface area (Å²) in [5.41, 5.74) is 2.22. The van der Waals surface area contributed by atoms with E-state index in [4.69, 9.17) is 4.74 Å². The second kappa shape index (κ2) is 6.32. The lowest BCUT2D eigenvalue weighted by molar-refractivity contribution is -0.128. The summed E-state index contributed by atoms with van der Waals surface area (Å²) >= 11 is 1.50. The number of methoxy groups -OCH3 is 1. The Balaban J connectivity index is 1.84. The van der Waals surface area contributed by atoms with Gasteiger partial charge in [0, 0.05) is 41.6 Å². The van der Waals surface area contributed by atoms with Crippen LogP contribution in [-0.2, 0) is 11.3 Å².